The molecule has 16 rings (SSSR count). The van der Waals surface area contributed by atoms with Crippen molar-refractivity contribution in [2.75, 3.05) is 56.4 Å². The van der Waals surface area contributed by atoms with Crippen LogP contribution in [-0.4, -0.2) is 168 Å². The molecule has 0 atom stereocenters. The molecule has 0 radical (unpaired) electrons. The second-order valence-corrected chi connectivity index (χ2v) is 35.4. The maximum Gasteiger partial charge on any atom is 0.209 e. The molecule has 0 unspecified atom stereocenters. The Kier molecular flexibility index (Phi) is 34.3. The molecule has 8 heterocycles. The van der Waals surface area contributed by atoms with E-state index in [0.717, 1.165) is 0 Å². The highest BCUT2D eigenvalue weighted by atomic mass is 19.1. The quantitative estimate of drug-likeness (QED) is 0.0808. The van der Waals surface area contributed by atoms with Gasteiger partial charge in [0.2, 0.25) is 45.5 Å². The lowest BCUT2D eigenvalue weighted by molar-refractivity contribution is -0.403. The summed E-state index contributed by atoms with van der Waals surface area (Å²) in [5.74, 6) is 0. The average Bonchev–Trinajstić information content (AvgIpc) is 1.68. The van der Waals surface area contributed by atoms with Crippen LogP contribution in [0.25, 0.3) is 0 Å². The van der Waals surface area contributed by atoms with E-state index < -0.39 is 29.6 Å². The predicted octanol–water partition coefficient (Wildman–Crippen LogP) is 12.3. The van der Waals surface area contributed by atoms with Gasteiger partial charge in [0, 0.05) is 148 Å². The standard InChI is InChI=1S/8C12H16N.4BFO2/c8*1-9-12(2,3)10-7-5-6-8-11(10)13(9)4;4*2-1(3)4/h8*5-8H,1-4H3;;;;/q8*+1;4*-2. The lowest BCUT2D eigenvalue weighted by Crippen LogP contribution is -2.39. The van der Waals surface area contributed by atoms with Crippen molar-refractivity contribution in [2.45, 2.75) is 209 Å². The van der Waals surface area contributed by atoms with Gasteiger partial charge in [-0.3, -0.25) is 0 Å². The van der Waals surface area contributed by atoms with Gasteiger partial charge < -0.3 is 57.5 Å². The summed E-state index contributed by atoms with van der Waals surface area (Å²) >= 11 is 0. The summed E-state index contributed by atoms with van der Waals surface area (Å²) in [6.07, 6.45) is 0. The largest absolute Gasteiger partial charge is 0.867 e. The predicted molar refractivity (Wildman–Crippen MR) is 475 cm³/mol. The van der Waals surface area contributed by atoms with Gasteiger partial charge in [0.1, 0.15) is 86.0 Å². The Hall–Kier alpha value is -9.22. The number of benzene rings is 8. The molecule has 120 heavy (non-hydrogen) atoms. The Morgan fingerprint density at radius 1 is 0.175 bits per heavy atom. The molecular formula is C96H128B4F4N8O8. The number of hydrogen-bond donors (Lipinski definition) is 0. The molecule has 0 saturated heterocycles. The zero-order valence-electron chi connectivity index (χ0n) is 77.1. The third-order valence-corrected chi connectivity index (χ3v) is 26.8. The third kappa shape index (κ3) is 22.2. The number of rotatable bonds is 0. The molecule has 640 valence electrons. The molecule has 8 aromatic carbocycles. The first-order valence-corrected chi connectivity index (χ1v) is 40.5. The molecule has 0 spiro atoms. The van der Waals surface area contributed by atoms with E-state index in [4.69, 9.17) is 40.2 Å². The van der Waals surface area contributed by atoms with Crippen LogP contribution in [0.4, 0.5) is 62.8 Å². The summed E-state index contributed by atoms with van der Waals surface area (Å²) in [7, 11) is 4.47. The van der Waals surface area contributed by atoms with E-state index in [1.807, 2.05) is 0 Å². The molecule has 0 fully saturated rings. The van der Waals surface area contributed by atoms with Crippen LogP contribution in [0.1, 0.15) is 211 Å². The van der Waals surface area contributed by atoms with Gasteiger partial charge in [-0.25, -0.2) is 36.6 Å². The smallest absolute Gasteiger partial charge is 0.209 e. The van der Waals surface area contributed by atoms with E-state index in [-0.39, 0.29) is 43.3 Å². The van der Waals surface area contributed by atoms with Gasteiger partial charge in [-0.1, -0.05) is 146 Å². The van der Waals surface area contributed by atoms with Gasteiger partial charge in [0.25, 0.3) is 0 Å². The molecule has 8 aliphatic rings. The van der Waals surface area contributed by atoms with E-state index in [2.05, 4.69) is 453 Å². The first kappa shape index (κ1) is 101. The van der Waals surface area contributed by atoms with Gasteiger partial charge in [-0.05, 0) is 111 Å². The Bertz CT molecular complexity index is 4300. The van der Waals surface area contributed by atoms with Gasteiger partial charge in [0.15, 0.2) is 45.7 Å². The summed E-state index contributed by atoms with van der Waals surface area (Å²) < 4.78 is 57.9. The van der Waals surface area contributed by atoms with E-state index in [9.17, 15) is 17.3 Å². The van der Waals surface area contributed by atoms with Crippen molar-refractivity contribution in [1.82, 2.24) is 0 Å². The van der Waals surface area contributed by atoms with Crippen LogP contribution in [0, 0.1) is 0 Å². The molecular weight excluding hydrogens is 1510 g/mol. The number of halogens is 4. The fourth-order valence-electron chi connectivity index (χ4n) is 16.7. The van der Waals surface area contributed by atoms with Crippen LogP contribution in [0.5, 0.6) is 0 Å². The summed E-state index contributed by atoms with van der Waals surface area (Å²) in [6, 6.07) is 69.1. The van der Waals surface area contributed by atoms with E-state index in [1.165, 1.54) is 136 Å². The van der Waals surface area contributed by atoms with Crippen molar-refractivity contribution in [3.8, 4) is 0 Å². The van der Waals surface area contributed by atoms with Crippen LogP contribution < -0.4 is 40.2 Å². The Morgan fingerprint density at radius 2 is 0.242 bits per heavy atom. The van der Waals surface area contributed by atoms with Crippen molar-refractivity contribution in [3.05, 3.63) is 239 Å². The van der Waals surface area contributed by atoms with Crippen molar-refractivity contribution in [3.63, 3.8) is 0 Å². The Morgan fingerprint density at radius 3 is 0.308 bits per heavy atom. The molecule has 0 aromatic heterocycles. The van der Waals surface area contributed by atoms with Crippen molar-refractivity contribution >= 4 is 121 Å². The highest BCUT2D eigenvalue weighted by molar-refractivity contribution is 6.28. The maximum atomic E-state index is 9.89. The minimum absolute atomic E-state index is 0.200. The molecule has 16 nitrogen and oxygen atoms in total. The average molecular weight is 1640 g/mol. The first-order valence-electron chi connectivity index (χ1n) is 40.5. The number of nitrogens with zero attached hydrogens (tertiary/aromatic N) is 8. The van der Waals surface area contributed by atoms with Crippen molar-refractivity contribution in [2.24, 2.45) is 0 Å². The topological polar surface area (TPSA) is 209 Å². The Labute approximate surface area is 715 Å². The highest BCUT2D eigenvalue weighted by Crippen LogP contribution is 2.45. The summed E-state index contributed by atoms with van der Waals surface area (Å²) in [5, 5.41) is 66.4. The second kappa shape index (κ2) is 40.6. The lowest BCUT2D eigenvalue weighted by atomic mass is 9.82. The van der Waals surface area contributed by atoms with Crippen LogP contribution >= 0.6 is 0 Å². The fourth-order valence-corrected chi connectivity index (χ4v) is 16.7. The highest BCUT2D eigenvalue weighted by Gasteiger charge is 2.47. The van der Waals surface area contributed by atoms with E-state index >= 15 is 0 Å². The van der Waals surface area contributed by atoms with Crippen LogP contribution in [0.15, 0.2) is 194 Å². The Balaban J connectivity index is 0.000000238. The van der Waals surface area contributed by atoms with Crippen molar-refractivity contribution in [1.29, 1.82) is 0 Å². The SMILES string of the molecule is CC1=[N+](C)c2ccccc2C1(C)C.CC1=[N+](C)c2ccccc2C1(C)C.CC1=[N+](C)c2ccccc2C1(C)C.CC1=[N+](C)c2ccccc2C1(C)C.CC1=[N+](C)c2ccccc2C1(C)C.CC1=[N+](C)c2ccccc2C1(C)C.CC1=[N+](C)c2ccccc2C1(C)C.CC1=[N+](C)c2ccccc2C1(C)C.[O-]B([O-])F.[O-]B([O-])F.[O-]B([O-])F.[O-]B([O-])F. The van der Waals surface area contributed by atoms with Crippen molar-refractivity contribution < 1.29 is 94.1 Å². The summed E-state index contributed by atoms with van der Waals surface area (Å²) in [4.78, 5) is 0. The number of hydrogen-bond acceptors (Lipinski definition) is 8. The molecule has 8 aromatic rings. The van der Waals surface area contributed by atoms with Crippen LogP contribution in [0.3, 0.4) is 0 Å². The normalized spacial score (nSPS) is 17.4. The molecule has 0 saturated carbocycles. The van der Waals surface area contributed by atoms with E-state index in [1.54, 1.807) is 0 Å². The zero-order chi connectivity index (χ0) is 91.4. The lowest BCUT2D eigenvalue weighted by Gasteiger charge is -2.14. The summed E-state index contributed by atoms with van der Waals surface area (Å²) in [5.41, 5.74) is 35.3. The second-order valence-electron chi connectivity index (χ2n) is 35.4. The maximum absolute atomic E-state index is 9.89. The molecule has 0 N–H and O–H groups in total. The third-order valence-electron chi connectivity index (χ3n) is 26.8. The summed E-state index contributed by atoms with van der Waals surface area (Å²) in [6.45, 7) is 54.2. The molecule has 0 amide bonds. The monoisotopic (exact) mass is 1640 g/mol. The molecule has 0 bridgehead atoms. The first-order chi connectivity index (χ1) is 55.3. The van der Waals surface area contributed by atoms with Gasteiger partial charge in [0.05, 0.1) is 43.3 Å². The van der Waals surface area contributed by atoms with Gasteiger partial charge >= 0.3 is 0 Å². The molecule has 24 heteroatoms. The molecule has 8 aliphatic heterocycles. The fraction of sp³-hybridized carbons (Fsp3) is 0.417. The van der Waals surface area contributed by atoms with Crippen LogP contribution in [0.2, 0.25) is 0 Å². The number of para-hydroxylation sites is 8. The van der Waals surface area contributed by atoms with E-state index in [0.29, 0.717) is 0 Å². The minimum Gasteiger partial charge on any atom is -0.867 e. The van der Waals surface area contributed by atoms with Gasteiger partial charge in [-0.2, -0.15) is 0 Å². The van der Waals surface area contributed by atoms with Crippen LogP contribution in [-0.2, 0) is 43.3 Å². The molecule has 0 aliphatic carbocycles. The van der Waals surface area contributed by atoms with Gasteiger partial charge in [-0.15, -0.1) is 0 Å². The zero-order valence-corrected chi connectivity index (χ0v) is 77.1. The number of fused-ring (bicyclic) bond motifs is 8. The minimum atomic E-state index is -3.17.